The molecule has 4 nitrogen and oxygen atoms in total. The van der Waals surface area contributed by atoms with E-state index >= 15 is 0 Å². The largest absolute Gasteiger partial charge is 0.335 e. The average molecular weight is 234 g/mol. The second kappa shape index (κ2) is 4.53. The van der Waals surface area contributed by atoms with Crippen molar-refractivity contribution >= 4 is 11.5 Å². The van der Waals surface area contributed by atoms with Crippen LogP contribution in [0.4, 0.5) is 15.9 Å². The highest BCUT2D eigenvalue weighted by Crippen LogP contribution is 2.25. The van der Waals surface area contributed by atoms with Crippen molar-refractivity contribution in [2.75, 3.05) is 5.32 Å². The van der Waals surface area contributed by atoms with E-state index in [1.165, 1.54) is 6.07 Å². The van der Waals surface area contributed by atoms with Gasteiger partial charge in [0.25, 0.3) is 0 Å². The van der Waals surface area contributed by atoms with E-state index in [2.05, 4.69) is 15.4 Å². The molecular formula is C12H15FN4. The molecule has 2 aromatic rings. The first kappa shape index (κ1) is 11.6. The molecule has 17 heavy (non-hydrogen) atoms. The molecule has 0 radical (unpaired) electrons. The lowest BCUT2D eigenvalue weighted by molar-refractivity contribution is 0.626. The number of aromatic nitrogens is 3. The number of halogens is 1. The molecule has 2 aromatic heterocycles. The lowest BCUT2D eigenvalue weighted by atomic mass is 10.1. The minimum Gasteiger partial charge on any atom is -0.335 e. The van der Waals surface area contributed by atoms with Gasteiger partial charge in [0, 0.05) is 19.4 Å². The van der Waals surface area contributed by atoms with Crippen molar-refractivity contribution < 1.29 is 4.39 Å². The van der Waals surface area contributed by atoms with Gasteiger partial charge in [-0.2, -0.15) is 5.10 Å². The van der Waals surface area contributed by atoms with Crippen LogP contribution >= 0.6 is 0 Å². The van der Waals surface area contributed by atoms with Crippen LogP contribution in [0.25, 0.3) is 0 Å². The number of anilines is 2. The Kier molecular flexibility index (Phi) is 3.08. The molecule has 0 aliphatic carbocycles. The molecule has 0 unspecified atom stereocenters. The summed E-state index contributed by atoms with van der Waals surface area (Å²) in [6.45, 7) is 4.09. The second-order valence-electron chi connectivity index (χ2n) is 4.22. The highest BCUT2D eigenvalue weighted by molar-refractivity contribution is 5.58. The van der Waals surface area contributed by atoms with E-state index in [9.17, 15) is 4.39 Å². The van der Waals surface area contributed by atoms with E-state index in [-0.39, 0.29) is 17.6 Å². The quantitative estimate of drug-likeness (QED) is 0.888. The summed E-state index contributed by atoms with van der Waals surface area (Å²) < 4.78 is 15.2. The number of hydrogen-bond donors (Lipinski definition) is 1. The first-order valence-electron chi connectivity index (χ1n) is 5.49. The number of nitrogens with zero attached hydrogens (tertiary/aromatic N) is 3. The first-order chi connectivity index (χ1) is 8.08. The lowest BCUT2D eigenvalue weighted by Gasteiger charge is -2.07. The summed E-state index contributed by atoms with van der Waals surface area (Å²) in [5, 5.41) is 7.31. The standard InChI is InChI=1S/C12H15FN4/c1-8(2)11-10(7-17(3)16-11)15-12-9(13)5-4-6-14-12/h4-8H,1-3H3,(H,14,15). The molecule has 5 heteroatoms. The molecule has 0 spiro atoms. The zero-order chi connectivity index (χ0) is 12.4. The molecule has 90 valence electrons. The molecule has 0 saturated heterocycles. The average Bonchev–Trinajstić information content (AvgIpc) is 2.63. The Hall–Kier alpha value is -1.91. The second-order valence-corrected chi connectivity index (χ2v) is 4.22. The summed E-state index contributed by atoms with van der Waals surface area (Å²) in [5.41, 5.74) is 1.69. The monoisotopic (exact) mass is 234 g/mol. The van der Waals surface area contributed by atoms with Crippen LogP contribution in [0.2, 0.25) is 0 Å². The number of hydrogen-bond acceptors (Lipinski definition) is 3. The van der Waals surface area contributed by atoms with Crippen molar-refractivity contribution in [1.82, 2.24) is 14.8 Å². The fraction of sp³-hybridized carbons (Fsp3) is 0.333. The Morgan fingerprint density at radius 2 is 2.18 bits per heavy atom. The molecule has 0 saturated carbocycles. The Bertz CT molecular complexity index is 519. The molecule has 0 aliphatic rings. The van der Waals surface area contributed by atoms with Crippen molar-refractivity contribution in [2.45, 2.75) is 19.8 Å². The highest BCUT2D eigenvalue weighted by atomic mass is 19.1. The topological polar surface area (TPSA) is 42.7 Å². The van der Waals surface area contributed by atoms with Crippen LogP contribution in [-0.4, -0.2) is 14.8 Å². The summed E-state index contributed by atoms with van der Waals surface area (Å²) >= 11 is 0. The Morgan fingerprint density at radius 1 is 1.41 bits per heavy atom. The van der Waals surface area contributed by atoms with Crippen LogP contribution in [0.1, 0.15) is 25.5 Å². The summed E-state index contributed by atoms with van der Waals surface area (Å²) in [7, 11) is 1.84. The van der Waals surface area contributed by atoms with E-state index in [4.69, 9.17) is 0 Å². The van der Waals surface area contributed by atoms with Gasteiger partial charge in [0.05, 0.1) is 11.4 Å². The normalized spacial score (nSPS) is 10.9. The molecule has 2 rings (SSSR count). The van der Waals surface area contributed by atoms with Gasteiger partial charge in [-0.15, -0.1) is 0 Å². The third kappa shape index (κ3) is 2.43. The molecular weight excluding hydrogens is 219 g/mol. The molecule has 1 N–H and O–H groups in total. The summed E-state index contributed by atoms with van der Waals surface area (Å²) in [5.74, 6) is 0.124. The third-order valence-electron chi connectivity index (χ3n) is 2.42. The summed E-state index contributed by atoms with van der Waals surface area (Å²) in [4.78, 5) is 3.96. The molecule has 0 aliphatic heterocycles. The van der Waals surface area contributed by atoms with E-state index < -0.39 is 0 Å². The molecule has 0 amide bonds. The number of pyridine rings is 1. The number of aryl methyl sites for hydroxylation is 1. The minimum absolute atomic E-state index is 0.224. The minimum atomic E-state index is -0.369. The van der Waals surface area contributed by atoms with Crippen LogP contribution in [0.3, 0.4) is 0 Å². The fourth-order valence-corrected chi connectivity index (χ4v) is 1.63. The smallest absolute Gasteiger partial charge is 0.166 e. The maximum absolute atomic E-state index is 13.5. The SMILES string of the molecule is CC(C)c1nn(C)cc1Nc1ncccc1F. The number of rotatable bonds is 3. The van der Waals surface area contributed by atoms with Gasteiger partial charge >= 0.3 is 0 Å². The van der Waals surface area contributed by atoms with Crippen LogP contribution in [0, 0.1) is 5.82 Å². The fourth-order valence-electron chi connectivity index (χ4n) is 1.63. The van der Waals surface area contributed by atoms with E-state index in [1.54, 1.807) is 16.9 Å². The Labute approximate surface area is 99.5 Å². The van der Waals surface area contributed by atoms with Crippen molar-refractivity contribution in [1.29, 1.82) is 0 Å². The van der Waals surface area contributed by atoms with Crippen LogP contribution in [0.5, 0.6) is 0 Å². The van der Waals surface area contributed by atoms with Gasteiger partial charge < -0.3 is 5.32 Å². The zero-order valence-corrected chi connectivity index (χ0v) is 10.1. The molecule has 2 heterocycles. The van der Waals surface area contributed by atoms with E-state index in [1.807, 2.05) is 27.1 Å². The number of nitrogens with one attached hydrogen (secondary N) is 1. The summed E-state index contributed by atoms with van der Waals surface area (Å²) in [6.07, 6.45) is 3.38. The van der Waals surface area contributed by atoms with Gasteiger partial charge in [0.1, 0.15) is 0 Å². The van der Waals surface area contributed by atoms with E-state index in [0.29, 0.717) is 0 Å². The molecule has 0 fully saturated rings. The van der Waals surface area contributed by atoms with E-state index in [0.717, 1.165) is 11.4 Å². The van der Waals surface area contributed by atoms with Crippen LogP contribution in [0.15, 0.2) is 24.5 Å². The lowest BCUT2D eigenvalue weighted by Crippen LogP contribution is -1.99. The van der Waals surface area contributed by atoms with Gasteiger partial charge in [-0.3, -0.25) is 4.68 Å². The predicted molar refractivity (Wildman–Crippen MR) is 64.8 cm³/mol. The Balaban J connectivity index is 2.33. The van der Waals surface area contributed by atoms with Gasteiger partial charge in [0.15, 0.2) is 11.6 Å². The Morgan fingerprint density at radius 3 is 2.82 bits per heavy atom. The zero-order valence-electron chi connectivity index (χ0n) is 10.1. The van der Waals surface area contributed by atoms with Gasteiger partial charge in [0.2, 0.25) is 0 Å². The van der Waals surface area contributed by atoms with Crippen molar-refractivity contribution in [2.24, 2.45) is 7.05 Å². The van der Waals surface area contributed by atoms with Crippen molar-refractivity contribution in [3.05, 3.63) is 36.0 Å². The van der Waals surface area contributed by atoms with Crippen LogP contribution < -0.4 is 5.32 Å². The van der Waals surface area contributed by atoms with Crippen LogP contribution in [-0.2, 0) is 7.05 Å². The summed E-state index contributed by atoms with van der Waals surface area (Å²) in [6, 6.07) is 2.94. The maximum atomic E-state index is 13.5. The van der Waals surface area contributed by atoms with Crippen molar-refractivity contribution in [3.8, 4) is 0 Å². The first-order valence-corrected chi connectivity index (χ1v) is 5.49. The molecule has 0 aromatic carbocycles. The van der Waals surface area contributed by atoms with Gasteiger partial charge in [-0.05, 0) is 18.1 Å². The highest BCUT2D eigenvalue weighted by Gasteiger charge is 2.13. The molecule has 0 atom stereocenters. The van der Waals surface area contributed by atoms with Crippen molar-refractivity contribution in [3.63, 3.8) is 0 Å². The third-order valence-corrected chi connectivity index (χ3v) is 2.42. The molecule has 0 bridgehead atoms. The maximum Gasteiger partial charge on any atom is 0.166 e. The predicted octanol–water partition coefficient (Wildman–Crippen LogP) is 2.82. The van der Waals surface area contributed by atoms with Gasteiger partial charge in [-0.1, -0.05) is 13.8 Å². The van der Waals surface area contributed by atoms with Gasteiger partial charge in [-0.25, -0.2) is 9.37 Å².